The molecular weight excluding hydrogens is 234 g/mol. The Bertz CT molecular complexity index is 520. The summed E-state index contributed by atoms with van der Waals surface area (Å²) in [6.45, 7) is 0. The molecule has 1 heterocycles. The molecule has 0 radical (unpaired) electrons. The number of nitrogens with zero attached hydrogens (tertiary/aromatic N) is 1. The summed E-state index contributed by atoms with van der Waals surface area (Å²) in [4.78, 5) is 3.62. The molecule has 0 atom stereocenters. The molecule has 0 amide bonds. The van der Waals surface area contributed by atoms with Crippen molar-refractivity contribution in [1.82, 2.24) is 4.98 Å². The van der Waals surface area contributed by atoms with Crippen molar-refractivity contribution < 1.29 is 17.6 Å². The van der Waals surface area contributed by atoms with Gasteiger partial charge in [0, 0.05) is 17.8 Å². The van der Waals surface area contributed by atoms with Gasteiger partial charge in [0.25, 0.3) is 0 Å². The predicted molar refractivity (Wildman–Crippen MR) is 54.6 cm³/mol. The first-order chi connectivity index (χ1) is 7.98. The van der Waals surface area contributed by atoms with Crippen LogP contribution in [0.2, 0.25) is 0 Å². The van der Waals surface area contributed by atoms with E-state index in [1.165, 1.54) is 0 Å². The third-order valence-corrected chi connectivity index (χ3v) is 2.23. The molecule has 0 fully saturated rings. The fraction of sp³-hybridized carbons (Fsp3) is 0.0833. The molecule has 0 saturated carbocycles. The number of pyridine rings is 1. The van der Waals surface area contributed by atoms with Crippen molar-refractivity contribution >= 4 is 0 Å². The van der Waals surface area contributed by atoms with Gasteiger partial charge in [-0.3, -0.25) is 4.98 Å². The Hall–Kier alpha value is -1.91. The van der Waals surface area contributed by atoms with E-state index in [9.17, 15) is 17.6 Å². The van der Waals surface area contributed by atoms with Gasteiger partial charge in [-0.1, -0.05) is 30.3 Å². The fourth-order valence-corrected chi connectivity index (χ4v) is 1.41. The number of halogens is 4. The minimum absolute atomic E-state index is 0.177. The van der Waals surface area contributed by atoms with Crippen molar-refractivity contribution in [2.24, 2.45) is 0 Å². The van der Waals surface area contributed by atoms with Crippen LogP contribution in [0.3, 0.4) is 0 Å². The number of rotatable bonds is 1. The molecule has 0 unspecified atom stereocenters. The third-order valence-electron chi connectivity index (χ3n) is 2.23. The zero-order valence-electron chi connectivity index (χ0n) is 8.50. The monoisotopic (exact) mass is 241 g/mol. The van der Waals surface area contributed by atoms with Crippen LogP contribution < -0.4 is 0 Å². The molecule has 5 heteroatoms. The lowest BCUT2D eigenvalue weighted by atomic mass is 10.1. The van der Waals surface area contributed by atoms with Crippen LogP contribution in [-0.4, -0.2) is 4.98 Å². The molecule has 0 bridgehead atoms. The lowest BCUT2D eigenvalue weighted by molar-refractivity contribution is -0.140. The zero-order chi connectivity index (χ0) is 12.5. The Kier molecular flexibility index (Phi) is 2.83. The molecule has 88 valence electrons. The first-order valence-electron chi connectivity index (χ1n) is 4.76. The van der Waals surface area contributed by atoms with E-state index in [1.807, 2.05) is 0 Å². The highest BCUT2D eigenvalue weighted by Crippen LogP contribution is 2.32. The highest BCUT2D eigenvalue weighted by atomic mass is 19.4. The highest BCUT2D eigenvalue weighted by Gasteiger charge is 2.34. The number of alkyl halides is 3. The predicted octanol–water partition coefficient (Wildman–Crippen LogP) is 3.91. The van der Waals surface area contributed by atoms with Crippen LogP contribution in [0.1, 0.15) is 5.56 Å². The largest absolute Gasteiger partial charge is 0.420 e. The van der Waals surface area contributed by atoms with Crippen LogP contribution in [-0.2, 0) is 6.18 Å². The standard InChI is InChI=1S/C12H7F4N/c13-10-6-11(8-4-2-1-3-5-8)17-7-9(10)12(14,15)16/h1-7H. The second-order valence-corrected chi connectivity index (χ2v) is 3.41. The van der Waals surface area contributed by atoms with E-state index in [1.54, 1.807) is 30.3 Å². The van der Waals surface area contributed by atoms with Crippen LogP contribution in [0.25, 0.3) is 11.3 Å². The van der Waals surface area contributed by atoms with E-state index in [0.717, 1.165) is 6.07 Å². The van der Waals surface area contributed by atoms with Gasteiger partial charge in [0.05, 0.1) is 5.69 Å². The average molecular weight is 241 g/mol. The summed E-state index contributed by atoms with van der Waals surface area (Å²) in [6, 6.07) is 9.24. The van der Waals surface area contributed by atoms with Gasteiger partial charge in [-0.2, -0.15) is 13.2 Å². The molecule has 0 saturated heterocycles. The lowest BCUT2D eigenvalue weighted by Crippen LogP contribution is -2.08. The average Bonchev–Trinajstić information content (AvgIpc) is 2.28. The second kappa shape index (κ2) is 4.16. The molecule has 2 aromatic rings. The van der Waals surface area contributed by atoms with Crippen molar-refractivity contribution in [3.8, 4) is 11.3 Å². The molecule has 0 aliphatic carbocycles. The Morgan fingerprint density at radius 1 is 1.00 bits per heavy atom. The summed E-state index contributed by atoms with van der Waals surface area (Å²) in [5.74, 6) is -1.31. The Balaban J connectivity index is 2.45. The first-order valence-corrected chi connectivity index (χ1v) is 4.76. The minimum Gasteiger partial charge on any atom is -0.255 e. The molecule has 0 aliphatic heterocycles. The lowest BCUT2D eigenvalue weighted by Gasteiger charge is -2.08. The maximum atomic E-state index is 13.3. The summed E-state index contributed by atoms with van der Waals surface area (Å²) >= 11 is 0. The maximum Gasteiger partial charge on any atom is 0.420 e. The highest BCUT2D eigenvalue weighted by molar-refractivity contribution is 5.58. The van der Waals surface area contributed by atoms with Crippen LogP contribution in [0.4, 0.5) is 17.6 Å². The molecule has 1 nitrogen and oxygen atoms in total. The fourth-order valence-electron chi connectivity index (χ4n) is 1.41. The third kappa shape index (κ3) is 2.43. The Morgan fingerprint density at radius 3 is 2.18 bits per heavy atom. The van der Waals surface area contributed by atoms with Crippen LogP contribution in [0.15, 0.2) is 42.6 Å². The smallest absolute Gasteiger partial charge is 0.255 e. The Morgan fingerprint density at radius 2 is 1.65 bits per heavy atom. The summed E-state index contributed by atoms with van der Waals surface area (Å²) < 4.78 is 50.2. The zero-order valence-corrected chi connectivity index (χ0v) is 8.50. The van der Waals surface area contributed by atoms with Gasteiger partial charge in [0.2, 0.25) is 0 Å². The SMILES string of the molecule is Fc1cc(-c2ccccc2)ncc1C(F)(F)F. The topological polar surface area (TPSA) is 12.9 Å². The van der Waals surface area contributed by atoms with E-state index in [-0.39, 0.29) is 5.69 Å². The molecule has 1 aromatic carbocycles. The van der Waals surface area contributed by atoms with Gasteiger partial charge < -0.3 is 0 Å². The Labute approximate surface area is 94.7 Å². The van der Waals surface area contributed by atoms with Gasteiger partial charge >= 0.3 is 6.18 Å². The van der Waals surface area contributed by atoms with Gasteiger partial charge in [-0.15, -0.1) is 0 Å². The van der Waals surface area contributed by atoms with E-state index in [2.05, 4.69) is 4.98 Å². The molecule has 1 aromatic heterocycles. The summed E-state index contributed by atoms with van der Waals surface area (Å²) in [5, 5.41) is 0. The minimum atomic E-state index is -4.72. The molecule has 0 spiro atoms. The number of aromatic nitrogens is 1. The first kappa shape index (κ1) is 11.6. The van der Waals surface area contributed by atoms with Crippen LogP contribution in [0, 0.1) is 5.82 Å². The van der Waals surface area contributed by atoms with Gasteiger partial charge in [0.1, 0.15) is 11.4 Å². The molecule has 17 heavy (non-hydrogen) atoms. The number of hydrogen-bond acceptors (Lipinski definition) is 1. The summed E-state index contributed by atoms with van der Waals surface area (Å²) in [6.07, 6.45) is -4.20. The maximum absolute atomic E-state index is 13.3. The van der Waals surface area contributed by atoms with Crippen molar-refractivity contribution in [3.63, 3.8) is 0 Å². The second-order valence-electron chi connectivity index (χ2n) is 3.41. The molecule has 0 N–H and O–H groups in total. The van der Waals surface area contributed by atoms with E-state index < -0.39 is 17.6 Å². The van der Waals surface area contributed by atoms with Crippen LogP contribution in [0.5, 0.6) is 0 Å². The molecule has 0 aliphatic rings. The van der Waals surface area contributed by atoms with E-state index >= 15 is 0 Å². The molecule has 2 rings (SSSR count). The van der Waals surface area contributed by atoms with Gasteiger partial charge in [-0.25, -0.2) is 4.39 Å². The summed E-state index contributed by atoms with van der Waals surface area (Å²) in [5.41, 5.74) is -0.603. The van der Waals surface area contributed by atoms with E-state index in [0.29, 0.717) is 11.8 Å². The van der Waals surface area contributed by atoms with Gasteiger partial charge in [0.15, 0.2) is 0 Å². The number of benzene rings is 1. The van der Waals surface area contributed by atoms with Crippen LogP contribution >= 0.6 is 0 Å². The summed E-state index contributed by atoms with van der Waals surface area (Å²) in [7, 11) is 0. The van der Waals surface area contributed by atoms with Crippen molar-refractivity contribution in [1.29, 1.82) is 0 Å². The normalized spacial score (nSPS) is 11.5. The van der Waals surface area contributed by atoms with Crippen molar-refractivity contribution in [2.75, 3.05) is 0 Å². The number of hydrogen-bond donors (Lipinski definition) is 0. The molecular formula is C12H7F4N. The quantitative estimate of drug-likeness (QED) is 0.690. The van der Waals surface area contributed by atoms with Gasteiger partial charge in [-0.05, 0) is 0 Å². The van der Waals surface area contributed by atoms with Crippen molar-refractivity contribution in [3.05, 3.63) is 54.0 Å². The van der Waals surface area contributed by atoms with E-state index in [4.69, 9.17) is 0 Å². The van der Waals surface area contributed by atoms with Crippen molar-refractivity contribution in [2.45, 2.75) is 6.18 Å².